The van der Waals surface area contributed by atoms with Crippen LogP contribution in [0.1, 0.15) is 50.3 Å². The maximum atomic E-state index is 10.3. The molecule has 21 heavy (non-hydrogen) atoms. The first kappa shape index (κ1) is 13.5. The molecule has 1 aliphatic heterocycles. The molecular weight excluding hydrogens is 268 g/mol. The minimum atomic E-state index is -0.337. The molecule has 1 aromatic heterocycles. The molecular formula is C15H24N4O2. The van der Waals surface area contributed by atoms with Crippen LogP contribution in [-0.2, 0) is 0 Å². The summed E-state index contributed by atoms with van der Waals surface area (Å²) in [5, 5.41) is 14.4. The third-order valence-corrected chi connectivity index (χ3v) is 5.02. The molecule has 1 saturated heterocycles. The molecule has 2 saturated carbocycles. The summed E-state index contributed by atoms with van der Waals surface area (Å²) in [5.41, 5.74) is 0. The second-order valence-corrected chi connectivity index (χ2v) is 6.74. The maximum absolute atomic E-state index is 10.3. The first-order valence-electron chi connectivity index (χ1n) is 8.30. The van der Waals surface area contributed by atoms with E-state index < -0.39 is 0 Å². The largest absolute Gasteiger partial charge is 0.390 e. The van der Waals surface area contributed by atoms with Crippen LogP contribution in [-0.4, -0.2) is 58.5 Å². The molecule has 1 aromatic rings. The Morgan fingerprint density at radius 1 is 1.05 bits per heavy atom. The lowest BCUT2D eigenvalue weighted by molar-refractivity contribution is 0.108. The number of rotatable bonds is 3. The SMILES string of the molecule is O[C@@H]1CN(c2noc(C3CC3)n2)CCN(C2CCCC2)C1. The van der Waals surface area contributed by atoms with Gasteiger partial charge in [-0.2, -0.15) is 4.98 Å². The van der Waals surface area contributed by atoms with Gasteiger partial charge in [0, 0.05) is 38.1 Å². The molecule has 1 atom stereocenters. The van der Waals surface area contributed by atoms with Crippen molar-refractivity contribution in [1.29, 1.82) is 0 Å². The Labute approximate surface area is 125 Å². The molecule has 0 aromatic carbocycles. The minimum absolute atomic E-state index is 0.337. The van der Waals surface area contributed by atoms with Crippen molar-refractivity contribution >= 4 is 5.95 Å². The van der Waals surface area contributed by atoms with Crippen molar-refractivity contribution in [3.63, 3.8) is 0 Å². The Hall–Kier alpha value is -1.14. The molecule has 116 valence electrons. The van der Waals surface area contributed by atoms with Crippen LogP contribution in [0, 0.1) is 0 Å². The molecule has 1 N–H and O–H groups in total. The van der Waals surface area contributed by atoms with Crippen molar-refractivity contribution in [2.45, 2.75) is 56.6 Å². The van der Waals surface area contributed by atoms with Gasteiger partial charge in [0.05, 0.1) is 6.10 Å². The molecule has 3 aliphatic rings. The van der Waals surface area contributed by atoms with Crippen molar-refractivity contribution in [3.05, 3.63) is 5.89 Å². The molecule has 3 fully saturated rings. The normalized spacial score (nSPS) is 29.0. The van der Waals surface area contributed by atoms with Crippen LogP contribution < -0.4 is 4.90 Å². The first-order chi connectivity index (χ1) is 10.3. The lowest BCUT2D eigenvalue weighted by Crippen LogP contribution is -2.39. The van der Waals surface area contributed by atoms with E-state index >= 15 is 0 Å². The Kier molecular flexibility index (Phi) is 3.59. The third kappa shape index (κ3) is 2.92. The molecule has 0 amide bonds. The zero-order valence-electron chi connectivity index (χ0n) is 12.4. The smallest absolute Gasteiger partial charge is 0.266 e. The summed E-state index contributed by atoms with van der Waals surface area (Å²) in [7, 11) is 0. The Bertz CT molecular complexity index is 482. The van der Waals surface area contributed by atoms with Gasteiger partial charge in [-0.15, -0.1) is 0 Å². The summed E-state index contributed by atoms with van der Waals surface area (Å²) in [6, 6.07) is 0.659. The summed E-state index contributed by atoms with van der Waals surface area (Å²) >= 11 is 0. The van der Waals surface area contributed by atoms with Gasteiger partial charge in [0.15, 0.2) is 0 Å². The Morgan fingerprint density at radius 3 is 2.62 bits per heavy atom. The van der Waals surface area contributed by atoms with Crippen LogP contribution in [0.15, 0.2) is 4.52 Å². The number of β-amino-alcohol motifs (C(OH)–C–C–N with tert-alkyl or cyclic N) is 1. The summed E-state index contributed by atoms with van der Waals surface area (Å²) in [5.74, 6) is 1.92. The zero-order chi connectivity index (χ0) is 14.2. The van der Waals surface area contributed by atoms with E-state index in [2.05, 4.69) is 19.9 Å². The van der Waals surface area contributed by atoms with Crippen LogP contribution in [0.4, 0.5) is 5.95 Å². The molecule has 6 heteroatoms. The third-order valence-electron chi connectivity index (χ3n) is 5.02. The molecule has 0 radical (unpaired) electrons. The van der Waals surface area contributed by atoms with Gasteiger partial charge >= 0.3 is 0 Å². The average molecular weight is 292 g/mol. The Balaban J connectivity index is 1.43. The summed E-state index contributed by atoms with van der Waals surface area (Å²) in [6.45, 7) is 3.23. The summed E-state index contributed by atoms with van der Waals surface area (Å²) < 4.78 is 5.35. The Morgan fingerprint density at radius 2 is 1.86 bits per heavy atom. The van der Waals surface area contributed by atoms with Crippen molar-refractivity contribution in [1.82, 2.24) is 15.0 Å². The van der Waals surface area contributed by atoms with E-state index in [1.165, 1.54) is 38.5 Å². The van der Waals surface area contributed by atoms with Crippen molar-refractivity contribution < 1.29 is 9.63 Å². The van der Waals surface area contributed by atoms with Crippen LogP contribution in [0.3, 0.4) is 0 Å². The predicted molar refractivity (Wildman–Crippen MR) is 78.3 cm³/mol. The fourth-order valence-electron chi connectivity index (χ4n) is 3.65. The number of anilines is 1. The number of hydrogen-bond donors (Lipinski definition) is 1. The number of aliphatic hydroxyl groups excluding tert-OH is 1. The molecule has 0 unspecified atom stereocenters. The lowest BCUT2D eigenvalue weighted by Gasteiger charge is -2.27. The van der Waals surface area contributed by atoms with E-state index in [1.54, 1.807) is 0 Å². The first-order valence-corrected chi connectivity index (χ1v) is 8.30. The van der Waals surface area contributed by atoms with E-state index in [-0.39, 0.29) is 6.10 Å². The van der Waals surface area contributed by atoms with Crippen LogP contribution in [0.25, 0.3) is 0 Å². The highest BCUT2D eigenvalue weighted by Crippen LogP contribution is 2.39. The monoisotopic (exact) mass is 292 g/mol. The lowest BCUT2D eigenvalue weighted by atomic mass is 10.2. The topological polar surface area (TPSA) is 65.6 Å². The standard InChI is InChI=1S/C15H24N4O2/c20-13-9-18(12-3-1-2-4-12)7-8-19(10-13)15-16-14(21-17-15)11-5-6-11/h11-13,20H,1-10H2/t13-/m0/s1. The molecule has 0 spiro atoms. The fraction of sp³-hybridized carbons (Fsp3) is 0.867. The number of aromatic nitrogens is 2. The van der Waals surface area contributed by atoms with Crippen molar-refractivity contribution in [2.75, 3.05) is 31.1 Å². The van der Waals surface area contributed by atoms with Gasteiger partial charge in [-0.3, -0.25) is 4.90 Å². The van der Waals surface area contributed by atoms with Crippen LogP contribution >= 0.6 is 0 Å². The molecule has 2 heterocycles. The van der Waals surface area contributed by atoms with Crippen molar-refractivity contribution in [3.8, 4) is 0 Å². The number of hydrogen-bond acceptors (Lipinski definition) is 6. The van der Waals surface area contributed by atoms with E-state index in [4.69, 9.17) is 4.52 Å². The average Bonchev–Trinajstić information content (AvgIpc) is 3.03. The van der Waals surface area contributed by atoms with Crippen molar-refractivity contribution in [2.24, 2.45) is 0 Å². The second-order valence-electron chi connectivity index (χ2n) is 6.74. The fourth-order valence-corrected chi connectivity index (χ4v) is 3.65. The van der Waals surface area contributed by atoms with Gasteiger partial charge in [-0.1, -0.05) is 12.8 Å². The summed E-state index contributed by atoms with van der Waals surface area (Å²) in [4.78, 5) is 9.05. The highest BCUT2D eigenvalue weighted by atomic mass is 16.5. The highest BCUT2D eigenvalue weighted by Gasteiger charge is 2.32. The molecule has 0 bridgehead atoms. The van der Waals surface area contributed by atoms with E-state index in [1.807, 2.05) is 0 Å². The van der Waals surface area contributed by atoms with Gasteiger partial charge in [0.2, 0.25) is 5.89 Å². The molecule has 6 nitrogen and oxygen atoms in total. The van der Waals surface area contributed by atoms with E-state index in [9.17, 15) is 5.11 Å². The quantitative estimate of drug-likeness (QED) is 0.908. The summed E-state index contributed by atoms with van der Waals surface area (Å²) in [6.07, 6.45) is 7.21. The molecule has 4 rings (SSSR count). The number of aliphatic hydroxyl groups is 1. The second kappa shape index (κ2) is 5.57. The molecule has 2 aliphatic carbocycles. The van der Waals surface area contributed by atoms with Gasteiger partial charge in [0.1, 0.15) is 0 Å². The van der Waals surface area contributed by atoms with Crippen LogP contribution in [0.2, 0.25) is 0 Å². The van der Waals surface area contributed by atoms with Gasteiger partial charge < -0.3 is 14.5 Å². The minimum Gasteiger partial charge on any atom is -0.390 e. The highest BCUT2D eigenvalue weighted by molar-refractivity contribution is 5.29. The van der Waals surface area contributed by atoms with E-state index in [0.29, 0.717) is 24.5 Å². The van der Waals surface area contributed by atoms with E-state index in [0.717, 1.165) is 25.5 Å². The van der Waals surface area contributed by atoms with Crippen LogP contribution in [0.5, 0.6) is 0 Å². The zero-order valence-corrected chi connectivity index (χ0v) is 12.4. The van der Waals surface area contributed by atoms with Gasteiger partial charge in [-0.25, -0.2) is 0 Å². The predicted octanol–water partition coefficient (Wildman–Crippen LogP) is 1.37. The number of nitrogens with zero attached hydrogens (tertiary/aromatic N) is 4. The maximum Gasteiger partial charge on any atom is 0.266 e. The van der Waals surface area contributed by atoms with Gasteiger partial charge in [-0.05, 0) is 30.8 Å². The van der Waals surface area contributed by atoms with Gasteiger partial charge in [0.25, 0.3) is 5.95 Å².